The molecule has 5 nitrogen and oxygen atoms in total. The molecule has 0 radical (unpaired) electrons. The van der Waals surface area contributed by atoms with Crippen molar-refractivity contribution in [3.05, 3.63) is 29.8 Å². The molecule has 1 rings (SSSR count). The van der Waals surface area contributed by atoms with Crippen LogP contribution in [0, 0.1) is 0 Å². The Balaban J connectivity index is 2.39. The van der Waals surface area contributed by atoms with E-state index in [1.807, 2.05) is 13.8 Å². The molecular weight excluding hydrogens is 282 g/mol. The van der Waals surface area contributed by atoms with Crippen molar-refractivity contribution in [1.29, 1.82) is 0 Å². The minimum atomic E-state index is -0.870. The fourth-order valence-electron chi connectivity index (χ4n) is 1.54. The van der Waals surface area contributed by atoms with E-state index in [9.17, 15) is 9.90 Å². The van der Waals surface area contributed by atoms with Crippen LogP contribution in [-0.2, 0) is 11.2 Å². The molecule has 0 bridgehead atoms. The van der Waals surface area contributed by atoms with Gasteiger partial charge in [-0.2, -0.15) is 0 Å². The number of aliphatic hydroxyl groups is 1. The van der Waals surface area contributed by atoms with Gasteiger partial charge in [-0.15, -0.1) is 0 Å². The van der Waals surface area contributed by atoms with E-state index in [0.29, 0.717) is 17.9 Å². The summed E-state index contributed by atoms with van der Waals surface area (Å²) in [7, 11) is 0. The maximum atomic E-state index is 10.5. The first kappa shape index (κ1) is 16.8. The Morgan fingerprint density at radius 1 is 1.35 bits per heavy atom. The number of ether oxygens (including phenoxy) is 1. The number of nitrogens with zero attached hydrogens (tertiary/aromatic N) is 1. The van der Waals surface area contributed by atoms with Crippen LogP contribution in [0.4, 0.5) is 0 Å². The molecule has 0 fully saturated rings. The molecule has 0 spiro atoms. The van der Waals surface area contributed by atoms with Gasteiger partial charge in [0.1, 0.15) is 18.5 Å². The summed E-state index contributed by atoms with van der Waals surface area (Å²) in [5.74, 6) is -0.283. The van der Waals surface area contributed by atoms with Crippen molar-refractivity contribution in [3.63, 3.8) is 0 Å². The Morgan fingerprint density at radius 2 is 1.95 bits per heavy atom. The van der Waals surface area contributed by atoms with Crippen molar-refractivity contribution < 1.29 is 19.7 Å². The molecule has 0 saturated heterocycles. The van der Waals surface area contributed by atoms with Crippen molar-refractivity contribution in [2.45, 2.75) is 32.4 Å². The van der Waals surface area contributed by atoms with Crippen LogP contribution in [0.5, 0.6) is 5.75 Å². The minimum Gasteiger partial charge on any atom is -0.491 e. The lowest BCUT2D eigenvalue weighted by molar-refractivity contribution is -0.136. The Labute approximate surface area is 123 Å². The number of carbonyl (C=O) groups is 1. The van der Waals surface area contributed by atoms with Gasteiger partial charge in [-0.1, -0.05) is 12.1 Å². The maximum absolute atomic E-state index is 10.5. The number of carboxylic acid groups (broad SMARTS) is 1. The maximum Gasteiger partial charge on any atom is 0.307 e. The van der Waals surface area contributed by atoms with Gasteiger partial charge in [-0.05, 0) is 43.3 Å². The predicted molar refractivity (Wildman–Crippen MR) is 77.0 cm³/mol. The van der Waals surface area contributed by atoms with Gasteiger partial charge < -0.3 is 14.9 Å². The molecule has 0 heterocycles. The molecule has 20 heavy (non-hydrogen) atoms. The first-order chi connectivity index (χ1) is 9.38. The van der Waals surface area contributed by atoms with Crippen LogP contribution in [0.3, 0.4) is 0 Å². The molecule has 1 atom stereocenters. The van der Waals surface area contributed by atoms with Gasteiger partial charge in [0, 0.05) is 12.6 Å². The third-order valence-electron chi connectivity index (χ3n) is 2.67. The summed E-state index contributed by atoms with van der Waals surface area (Å²) in [6.07, 6.45) is -0.702. The van der Waals surface area contributed by atoms with Crippen LogP contribution < -0.4 is 4.74 Å². The van der Waals surface area contributed by atoms with Gasteiger partial charge in [-0.25, -0.2) is 4.42 Å². The van der Waals surface area contributed by atoms with E-state index in [0.717, 1.165) is 0 Å². The summed E-state index contributed by atoms with van der Waals surface area (Å²) in [4.78, 5) is 10.5. The third kappa shape index (κ3) is 6.23. The molecule has 0 saturated carbocycles. The molecule has 1 aromatic carbocycles. The van der Waals surface area contributed by atoms with Crippen LogP contribution in [0.25, 0.3) is 0 Å². The smallest absolute Gasteiger partial charge is 0.307 e. The van der Waals surface area contributed by atoms with E-state index in [-0.39, 0.29) is 19.1 Å². The number of rotatable bonds is 8. The van der Waals surface area contributed by atoms with E-state index >= 15 is 0 Å². The Kier molecular flexibility index (Phi) is 6.78. The first-order valence-electron chi connectivity index (χ1n) is 6.42. The lowest BCUT2D eigenvalue weighted by Gasteiger charge is -2.21. The summed E-state index contributed by atoms with van der Waals surface area (Å²) in [5, 5.41) is 18.4. The number of aliphatic carboxylic acids is 1. The lowest BCUT2D eigenvalue weighted by atomic mass is 10.1. The standard InChI is InChI=1S/C14H20ClNO4/c1-10(2)16(15)8-12(17)9-20-13-5-3-11(4-6-13)7-14(18)19/h3-6,10,12,17H,7-9H2,1-2H3,(H,18,19). The number of halogens is 1. The van der Waals surface area contributed by atoms with Gasteiger partial charge in [0.2, 0.25) is 0 Å². The van der Waals surface area contributed by atoms with Crippen molar-refractivity contribution >= 4 is 17.7 Å². The van der Waals surface area contributed by atoms with Crippen LogP contribution in [0.2, 0.25) is 0 Å². The van der Waals surface area contributed by atoms with E-state index < -0.39 is 12.1 Å². The molecule has 0 amide bonds. The summed E-state index contributed by atoms with van der Waals surface area (Å²) in [6, 6.07) is 6.90. The van der Waals surface area contributed by atoms with E-state index in [4.69, 9.17) is 21.6 Å². The second-order valence-electron chi connectivity index (χ2n) is 4.86. The van der Waals surface area contributed by atoms with Gasteiger partial charge >= 0.3 is 5.97 Å². The monoisotopic (exact) mass is 301 g/mol. The fourth-order valence-corrected chi connectivity index (χ4v) is 1.69. The van der Waals surface area contributed by atoms with Gasteiger partial charge in [-0.3, -0.25) is 4.79 Å². The normalized spacial score (nSPS) is 12.7. The predicted octanol–water partition coefficient (Wildman–Crippen LogP) is 1.92. The first-order valence-corrected chi connectivity index (χ1v) is 6.76. The molecule has 1 unspecified atom stereocenters. The van der Waals surface area contributed by atoms with Gasteiger partial charge in [0.25, 0.3) is 0 Å². The van der Waals surface area contributed by atoms with Crippen molar-refractivity contribution in [2.24, 2.45) is 0 Å². The highest BCUT2D eigenvalue weighted by atomic mass is 35.5. The average Bonchev–Trinajstić information content (AvgIpc) is 2.37. The van der Waals surface area contributed by atoms with Crippen LogP contribution >= 0.6 is 11.8 Å². The van der Waals surface area contributed by atoms with Crippen LogP contribution in [0.1, 0.15) is 19.4 Å². The molecule has 1 aromatic rings. The zero-order chi connectivity index (χ0) is 15.1. The van der Waals surface area contributed by atoms with Gasteiger partial charge in [0.05, 0.1) is 6.42 Å². The highest BCUT2D eigenvalue weighted by molar-refractivity contribution is 6.13. The van der Waals surface area contributed by atoms with E-state index in [1.165, 1.54) is 4.42 Å². The SMILES string of the molecule is CC(C)N(Cl)CC(O)COc1ccc(CC(=O)O)cc1. The quantitative estimate of drug-likeness (QED) is 0.718. The van der Waals surface area contributed by atoms with Gasteiger partial charge in [0.15, 0.2) is 0 Å². The summed E-state index contributed by atoms with van der Waals surface area (Å²) in [6.45, 7) is 4.31. The number of carboxylic acids is 1. The fraction of sp³-hybridized carbons (Fsp3) is 0.500. The largest absolute Gasteiger partial charge is 0.491 e. The molecule has 6 heteroatoms. The third-order valence-corrected chi connectivity index (χ3v) is 3.19. The van der Waals surface area contributed by atoms with Crippen LogP contribution in [0.15, 0.2) is 24.3 Å². The molecule has 2 N–H and O–H groups in total. The van der Waals surface area contributed by atoms with Crippen molar-refractivity contribution in [3.8, 4) is 5.75 Å². The molecule has 0 aliphatic carbocycles. The number of hydrogen-bond acceptors (Lipinski definition) is 4. The highest BCUT2D eigenvalue weighted by Crippen LogP contribution is 2.13. The zero-order valence-corrected chi connectivity index (χ0v) is 12.4. The number of hydrogen-bond donors (Lipinski definition) is 2. The second-order valence-corrected chi connectivity index (χ2v) is 5.29. The summed E-state index contributed by atoms with van der Waals surface area (Å²) in [5.41, 5.74) is 0.706. The number of benzene rings is 1. The number of aliphatic hydroxyl groups excluding tert-OH is 1. The Hall–Kier alpha value is -1.30. The topological polar surface area (TPSA) is 70.0 Å². The summed E-state index contributed by atoms with van der Waals surface area (Å²) >= 11 is 5.92. The highest BCUT2D eigenvalue weighted by Gasteiger charge is 2.13. The van der Waals surface area contributed by atoms with Crippen LogP contribution in [-0.4, -0.2) is 45.9 Å². The van der Waals surface area contributed by atoms with Crippen molar-refractivity contribution in [1.82, 2.24) is 4.42 Å². The summed E-state index contributed by atoms with van der Waals surface area (Å²) < 4.78 is 6.94. The zero-order valence-electron chi connectivity index (χ0n) is 11.6. The molecule has 0 aromatic heterocycles. The molecule has 112 valence electrons. The molecular formula is C14H20ClNO4. The minimum absolute atomic E-state index is 0.0154. The Morgan fingerprint density at radius 3 is 2.45 bits per heavy atom. The van der Waals surface area contributed by atoms with Crippen molar-refractivity contribution in [2.75, 3.05) is 13.2 Å². The second kappa shape index (κ2) is 8.09. The van der Waals surface area contributed by atoms with E-state index in [1.54, 1.807) is 24.3 Å². The Bertz CT molecular complexity index is 422. The lowest BCUT2D eigenvalue weighted by Crippen LogP contribution is -2.33. The molecule has 0 aliphatic heterocycles. The molecule has 0 aliphatic rings. The average molecular weight is 302 g/mol. The van der Waals surface area contributed by atoms with E-state index in [2.05, 4.69) is 0 Å².